The van der Waals surface area contributed by atoms with Crippen LogP contribution in [0.2, 0.25) is 0 Å². The fraction of sp³-hybridized carbons (Fsp3) is 0.0909. The number of allylic oxidation sites excluding steroid dienone is 1. The van der Waals surface area contributed by atoms with E-state index in [1.54, 1.807) is 0 Å². The highest BCUT2D eigenvalue weighted by Crippen LogP contribution is 2.14. The van der Waals surface area contributed by atoms with Crippen molar-refractivity contribution in [1.82, 2.24) is 4.98 Å². The second-order valence-corrected chi connectivity index (χ2v) is 2.89. The lowest BCUT2D eigenvalue weighted by Crippen LogP contribution is -1.78. The average Bonchev–Trinajstić information content (AvgIpc) is 2.51. The van der Waals surface area contributed by atoms with Gasteiger partial charge in [-0.05, 0) is 35.6 Å². The van der Waals surface area contributed by atoms with Crippen LogP contribution < -0.4 is 0 Å². The molecule has 0 aliphatic carbocycles. The van der Waals surface area contributed by atoms with Gasteiger partial charge in [0, 0.05) is 11.7 Å². The average molecular weight is 157 g/mol. The zero-order chi connectivity index (χ0) is 8.39. The van der Waals surface area contributed by atoms with Crippen LogP contribution in [0.25, 0.3) is 10.9 Å². The summed E-state index contributed by atoms with van der Waals surface area (Å²) in [4.78, 5) is 3.16. The number of hydrogen-bond acceptors (Lipinski definition) is 0. The fourth-order valence-electron chi connectivity index (χ4n) is 1.40. The van der Waals surface area contributed by atoms with Crippen LogP contribution in [0.4, 0.5) is 0 Å². The van der Waals surface area contributed by atoms with Crippen molar-refractivity contribution in [3.8, 4) is 0 Å². The lowest BCUT2D eigenvalue weighted by Gasteiger charge is -1.95. The van der Waals surface area contributed by atoms with Crippen molar-refractivity contribution in [2.45, 2.75) is 6.42 Å². The molecule has 0 spiro atoms. The third kappa shape index (κ3) is 1.14. The van der Waals surface area contributed by atoms with Crippen molar-refractivity contribution in [2.24, 2.45) is 0 Å². The topological polar surface area (TPSA) is 15.8 Å². The Balaban J connectivity index is 2.52. The van der Waals surface area contributed by atoms with Gasteiger partial charge in [0.2, 0.25) is 0 Å². The van der Waals surface area contributed by atoms with Gasteiger partial charge in [0.05, 0.1) is 0 Å². The van der Waals surface area contributed by atoms with E-state index in [2.05, 4.69) is 35.8 Å². The molecule has 2 aromatic rings. The highest BCUT2D eigenvalue weighted by atomic mass is 14.7. The lowest BCUT2D eigenvalue weighted by atomic mass is 10.1. The molecule has 1 N–H and O–H groups in total. The minimum Gasteiger partial charge on any atom is -0.361 e. The molecule has 2 rings (SSSR count). The van der Waals surface area contributed by atoms with E-state index in [0.29, 0.717) is 0 Å². The molecule has 60 valence electrons. The van der Waals surface area contributed by atoms with Gasteiger partial charge in [0.15, 0.2) is 0 Å². The van der Waals surface area contributed by atoms with Crippen LogP contribution >= 0.6 is 0 Å². The van der Waals surface area contributed by atoms with Crippen molar-refractivity contribution in [2.75, 3.05) is 0 Å². The van der Waals surface area contributed by atoms with E-state index in [0.717, 1.165) is 6.42 Å². The molecule has 1 nitrogen and oxygen atoms in total. The first kappa shape index (κ1) is 7.17. The highest BCUT2D eigenvalue weighted by molar-refractivity contribution is 5.79. The van der Waals surface area contributed by atoms with Gasteiger partial charge in [-0.15, -0.1) is 6.58 Å². The molecule has 0 aliphatic rings. The zero-order valence-corrected chi connectivity index (χ0v) is 6.88. The number of aromatic nitrogens is 1. The Morgan fingerprint density at radius 2 is 2.25 bits per heavy atom. The number of benzene rings is 1. The largest absolute Gasteiger partial charge is 0.361 e. The van der Waals surface area contributed by atoms with Crippen LogP contribution in [0.15, 0.2) is 43.1 Å². The van der Waals surface area contributed by atoms with Crippen LogP contribution in [0.3, 0.4) is 0 Å². The van der Waals surface area contributed by atoms with Gasteiger partial charge >= 0.3 is 0 Å². The molecule has 1 aromatic heterocycles. The van der Waals surface area contributed by atoms with Gasteiger partial charge in [-0.25, -0.2) is 0 Å². The summed E-state index contributed by atoms with van der Waals surface area (Å²) >= 11 is 0. The normalized spacial score (nSPS) is 10.3. The van der Waals surface area contributed by atoms with Crippen LogP contribution in [0, 0.1) is 0 Å². The molecular formula is C11H11N. The molecule has 1 heteroatoms. The summed E-state index contributed by atoms with van der Waals surface area (Å²) in [5.74, 6) is 0. The second kappa shape index (κ2) is 2.86. The summed E-state index contributed by atoms with van der Waals surface area (Å²) in [5, 5.41) is 1.27. The Bertz CT molecular complexity index is 398. The first-order valence-corrected chi connectivity index (χ1v) is 4.07. The molecule has 0 amide bonds. The molecule has 0 unspecified atom stereocenters. The third-order valence-corrected chi connectivity index (χ3v) is 2.00. The Morgan fingerprint density at radius 3 is 3.08 bits per heavy atom. The summed E-state index contributed by atoms with van der Waals surface area (Å²) < 4.78 is 0. The molecule has 1 aromatic carbocycles. The van der Waals surface area contributed by atoms with Crippen LogP contribution in [-0.2, 0) is 6.42 Å². The van der Waals surface area contributed by atoms with Gasteiger partial charge in [-0.1, -0.05) is 12.1 Å². The van der Waals surface area contributed by atoms with Gasteiger partial charge < -0.3 is 4.98 Å². The predicted molar refractivity (Wildman–Crippen MR) is 52.2 cm³/mol. The fourth-order valence-corrected chi connectivity index (χ4v) is 1.40. The van der Waals surface area contributed by atoms with Crippen LogP contribution in [0.5, 0.6) is 0 Å². The van der Waals surface area contributed by atoms with E-state index in [4.69, 9.17) is 0 Å². The second-order valence-electron chi connectivity index (χ2n) is 2.89. The monoisotopic (exact) mass is 157 g/mol. The van der Waals surface area contributed by atoms with Crippen molar-refractivity contribution in [3.05, 3.63) is 48.7 Å². The first-order valence-electron chi connectivity index (χ1n) is 4.07. The van der Waals surface area contributed by atoms with Gasteiger partial charge in [-0.3, -0.25) is 0 Å². The van der Waals surface area contributed by atoms with E-state index >= 15 is 0 Å². The summed E-state index contributed by atoms with van der Waals surface area (Å²) in [6.07, 6.45) is 4.83. The minimum absolute atomic E-state index is 0.946. The number of aromatic amines is 1. The maximum atomic E-state index is 3.72. The number of nitrogens with one attached hydrogen (secondary N) is 1. The molecule has 0 fully saturated rings. The number of hydrogen-bond donors (Lipinski definition) is 1. The van der Waals surface area contributed by atoms with E-state index in [1.807, 2.05) is 12.3 Å². The van der Waals surface area contributed by atoms with Crippen LogP contribution in [-0.4, -0.2) is 4.98 Å². The molecular weight excluding hydrogens is 146 g/mol. The summed E-state index contributed by atoms with van der Waals surface area (Å²) in [6, 6.07) is 8.50. The molecule has 0 saturated heterocycles. The summed E-state index contributed by atoms with van der Waals surface area (Å²) in [5.41, 5.74) is 2.51. The zero-order valence-electron chi connectivity index (χ0n) is 6.88. The molecule has 0 aliphatic heterocycles. The van der Waals surface area contributed by atoms with Gasteiger partial charge in [0.25, 0.3) is 0 Å². The quantitative estimate of drug-likeness (QED) is 0.645. The molecule has 0 bridgehead atoms. The summed E-state index contributed by atoms with van der Waals surface area (Å²) in [7, 11) is 0. The third-order valence-electron chi connectivity index (χ3n) is 2.00. The number of fused-ring (bicyclic) bond motifs is 1. The molecule has 12 heavy (non-hydrogen) atoms. The van der Waals surface area contributed by atoms with E-state index in [9.17, 15) is 0 Å². The summed E-state index contributed by atoms with van der Waals surface area (Å²) in [6.45, 7) is 3.72. The first-order chi connectivity index (χ1) is 5.90. The van der Waals surface area contributed by atoms with E-state index in [-0.39, 0.29) is 0 Å². The smallest absolute Gasteiger partial charge is 0.0454 e. The number of rotatable bonds is 2. The van der Waals surface area contributed by atoms with Crippen molar-refractivity contribution in [3.63, 3.8) is 0 Å². The van der Waals surface area contributed by atoms with Crippen molar-refractivity contribution in [1.29, 1.82) is 0 Å². The Hall–Kier alpha value is -1.50. The molecule has 0 atom stereocenters. The minimum atomic E-state index is 0.946. The molecule has 0 saturated carbocycles. The molecule has 0 radical (unpaired) electrons. The standard InChI is InChI=1S/C11H11N/c1-2-3-9-4-5-11-10(8-9)6-7-12-11/h2,4-8,12H,1,3H2. The number of H-pyrrole nitrogens is 1. The van der Waals surface area contributed by atoms with E-state index < -0.39 is 0 Å². The van der Waals surface area contributed by atoms with E-state index in [1.165, 1.54) is 16.5 Å². The predicted octanol–water partition coefficient (Wildman–Crippen LogP) is 2.90. The van der Waals surface area contributed by atoms with Gasteiger partial charge in [0.1, 0.15) is 0 Å². The van der Waals surface area contributed by atoms with Gasteiger partial charge in [-0.2, -0.15) is 0 Å². The van der Waals surface area contributed by atoms with Crippen LogP contribution in [0.1, 0.15) is 5.56 Å². The Labute approximate surface area is 71.7 Å². The Kier molecular flexibility index (Phi) is 1.71. The maximum absolute atomic E-state index is 3.72. The van der Waals surface area contributed by atoms with Crippen molar-refractivity contribution >= 4 is 10.9 Å². The lowest BCUT2D eigenvalue weighted by molar-refractivity contribution is 1.29. The molecule has 1 heterocycles. The Morgan fingerprint density at radius 1 is 1.33 bits per heavy atom. The maximum Gasteiger partial charge on any atom is 0.0454 e. The highest BCUT2D eigenvalue weighted by Gasteiger charge is 1.94. The SMILES string of the molecule is C=CCc1ccc2[nH]ccc2c1. The van der Waals surface area contributed by atoms with Crippen molar-refractivity contribution < 1.29 is 0 Å².